The Morgan fingerprint density at radius 3 is 1.83 bits per heavy atom. The molecule has 1 rings (SSSR count). The lowest BCUT2D eigenvalue weighted by Gasteiger charge is -2.21. The van der Waals surface area contributed by atoms with Crippen LogP contribution in [0.5, 0.6) is 0 Å². The predicted octanol–water partition coefficient (Wildman–Crippen LogP) is 3.80. The topological polar surface area (TPSA) is 12.0 Å². The highest BCUT2D eigenvalue weighted by Crippen LogP contribution is 2.35. The van der Waals surface area contributed by atoms with E-state index in [1.54, 1.807) is 14.0 Å². The van der Waals surface area contributed by atoms with Crippen LogP contribution in [0.15, 0.2) is 24.3 Å². The summed E-state index contributed by atoms with van der Waals surface area (Å²) in [5, 5.41) is 2.67. The van der Waals surface area contributed by atoms with Gasteiger partial charge in [0.1, 0.15) is 0 Å². The summed E-state index contributed by atoms with van der Waals surface area (Å²) in [6.45, 7) is 1.58. The molecule has 0 bridgehead atoms. The van der Waals surface area contributed by atoms with Crippen LogP contribution in [-0.4, -0.2) is 13.1 Å². The van der Waals surface area contributed by atoms with E-state index >= 15 is 0 Å². The fourth-order valence-corrected chi connectivity index (χ4v) is 1.51. The molecular weight excluding hydrogens is 253 g/mol. The third-order valence-electron chi connectivity index (χ3n) is 2.69. The molecule has 18 heavy (non-hydrogen) atoms. The molecule has 0 aliphatic carbocycles. The molecular formula is C12H14F5N. The molecule has 0 spiro atoms. The summed E-state index contributed by atoms with van der Waals surface area (Å²) < 4.78 is 64.3. The van der Waals surface area contributed by atoms with Crippen LogP contribution in [0.1, 0.15) is 24.5 Å². The summed E-state index contributed by atoms with van der Waals surface area (Å²) in [6, 6.07) is 2.57. The fraction of sp³-hybridized carbons (Fsp3) is 0.500. The molecule has 0 aliphatic rings. The summed E-state index contributed by atoms with van der Waals surface area (Å²) >= 11 is 0. The molecule has 1 aromatic carbocycles. The Morgan fingerprint density at radius 2 is 1.44 bits per heavy atom. The number of nitrogens with one attached hydrogen (secondary N) is 1. The van der Waals surface area contributed by atoms with Crippen molar-refractivity contribution in [1.82, 2.24) is 5.32 Å². The van der Waals surface area contributed by atoms with E-state index in [2.05, 4.69) is 5.32 Å². The number of hydrogen-bond donors (Lipinski definition) is 1. The van der Waals surface area contributed by atoms with Crippen LogP contribution in [0.3, 0.4) is 0 Å². The molecule has 1 nitrogen and oxygen atoms in total. The van der Waals surface area contributed by atoms with E-state index in [4.69, 9.17) is 0 Å². The van der Waals surface area contributed by atoms with Crippen LogP contribution < -0.4 is 5.32 Å². The van der Waals surface area contributed by atoms with Crippen molar-refractivity contribution >= 4 is 0 Å². The maximum atomic E-state index is 13.7. The van der Waals surface area contributed by atoms with Crippen LogP contribution in [0, 0.1) is 0 Å². The van der Waals surface area contributed by atoms with Gasteiger partial charge < -0.3 is 5.32 Å². The van der Waals surface area contributed by atoms with E-state index in [1.165, 1.54) is 0 Å². The molecule has 0 saturated heterocycles. The average Bonchev–Trinajstić information content (AvgIpc) is 2.27. The molecule has 0 aliphatic heterocycles. The lowest BCUT2D eigenvalue weighted by molar-refractivity contribution is -0.137. The highest BCUT2D eigenvalue weighted by Gasteiger charge is 2.35. The minimum absolute atomic E-state index is 0.405. The van der Waals surface area contributed by atoms with Crippen molar-refractivity contribution in [2.75, 3.05) is 7.05 Å². The van der Waals surface area contributed by atoms with E-state index in [0.717, 1.165) is 12.1 Å². The maximum Gasteiger partial charge on any atom is 0.416 e. The Bertz CT molecular complexity index is 382. The van der Waals surface area contributed by atoms with Crippen LogP contribution in [0.25, 0.3) is 0 Å². The number of hydrogen-bond acceptors (Lipinski definition) is 1. The van der Waals surface area contributed by atoms with Gasteiger partial charge >= 0.3 is 6.18 Å². The van der Waals surface area contributed by atoms with Gasteiger partial charge in [-0.25, -0.2) is 8.78 Å². The lowest BCUT2D eigenvalue weighted by Crippen LogP contribution is -2.29. The summed E-state index contributed by atoms with van der Waals surface area (Å²) in [5.41, 5.74) is -1.33. The zero-order valence-electron chi connectivity index (χ0n) is 9.98. The van der Waals surface area contributed by atoms with Crippen molar-refractivity contribution in [1.29, 1.82) is 0 Å². The monoisotopic (exact) mass is 267 g/mol. The second-order valence-corrected chi connectivity index (χ2v) is 4.17. The molecule has 0 saturated carbocycles. The van der Waals surface area contributed by atoms with Gasteiger partial charge in [-0.15, -0.1) is 0 Å². The van der Waals surface area contributed by atoms with Gasteiger partial charge in [0, 0.05) is 18.0 Å². The highest BCUT2D eigenvalue weighted by molar-refractivity contribution is 5.27. The van der Waals surface area contributed by atoms with Gasteiger partial charge in [0.15, 0.2) is 0 Å². The van der Waals surface area contributed by atoms with Crippen molar-refractivity contribution in [3.05, 3.63) is 35.4 Å². The summed E-state index contributed by atoms with van der Waals surface area (Å²) in [5.74, 6) is -3.15. The van der Waals surface area contributed by atoms with E-state index in [1.807, 2.05) is 0 Å². The van der Waals surface area contributed by atoms with Gasteiger partial charge in [-0.1, -0.05) is 12.1 Å². The van der Waals surface area contributed by atoms with Gasteiger partial charge in [-0.2, -0.15) is 13.2 Å². The van der Waals surface area contributed by atoms with Gasteiger partial charge in [0.25, 0.3) is 5.92 Å². The smallest absolute Gasteiger partial charge is 0.317 e. The molecule has 0 aromatic heterocycles. The molecule has 0 amide bonds. The standard InChI is InChI=1S/C12H14F5N/c1-8(18-2)7-11(13,14)9-3-5-10(6-4-9)12(15,16)17/h3-6,8,18H,7H2,1-2H3. The fourth-order valence-electron chi connectivity index (χ4n) is 1.51. The van der Waals surface area contributed by atoms with E-state index in [0.29, 0.717) is 12.1 Å². The summed E-state index contributed by atoms with van der Waals surface area (Å²) in [6.07, 6.45) is -4.97. The molecule has 1 N–H and O–H groups in total. The highest BCUT2D eigenvalue weighted by atomic mass is 19.4. The molecule has 1 atom stereocenters. The molecule has 0 radical (unpaired) electrons. The van der Waals surface area contributed by atoms with Crippen LogP contribution in [-0.2, 0) is 12.1 Å². The average molecular weight is 267 g/mol. The second-order valence-electron chi connectivity index (χ2n) is 4.17. The zero-order valence-corrected chi connectivity index (χ0v) is 9.98. The third-order valence-corrected chi connectivity index (χ3v) is 2.69. The summed E-state index contributed by atoms with van der Waals surface area (Å²) in [7, 11) is 1.55. The van der Waals surface area contributed by atoms with Crippen molar-refractivity contribution in [3.8, 4) is 0 Å². The zero-order chi connectivity index (χ0) is 14.0. The van der Waals surface area contributed by atoms with Crippen molar-refractivity contribution in [2.24, 2.45) is 0 Å². The maximum absolute atomic E-state index is 13.7. The second kappa shape index (κ2) is 5.22. The summed E-state index contributed by atoms with van der Waals surface area (Å²) in [4.78, 5) is 0. The Hall–Kier alpha value is -1.17. The van der Waals surface area contributed by atoms with Crippen molar-refractivity contribution in [3.63, 3.8) is 0 Å². The first-order valence-electron chi connectivity index (χ1n) is 5.39. The van der Waals surface area contributed by atoms with Crippen molar-refractivity contribution < 1.29 is 22.0 Å². The van der Waals surface area contributed by atoms with Gasteiger partial charge in [0.2, 0.25) is 0 Å². The molecule has 102 valence electrons. The third kappa shape index (κ3) is 3.66. The Balaban J connectivity index is 2.90. The Morgan fingerprint density at radius 1 is 1.00 bits per heavy atom. The van der Waals surface area contributed by atoms with Crippen molar-refractivity contribution in [2.45, 2.75) is 31.5 Å². The quantitative estimate of drug-likeness (QED) is 0.818. The van der Waals surface area contributed by atoms with E-state index in [9.17, 15) is 22.0 Å². The van der Waals surface area contributed by atoms with E-state index in [-0.39, 0.29) is 0 Å². The van der Waals surface area contributed by atoms with Crippen LogP contribution in [0.4, 0.5) is 22.0 Å². The molecule has 1 unspecified atom stereocenters. The molecule has 0 fully saturated rings. The molecule has 6 heteroatoms. The lowest BCUT2D eigenvalue weighted by atomic mass is 10.0. The molecule has 0 heterocycles. The van der Waals surface area contributed by atoms with E-state index < -0.39 is 35.7 Å². The van der Waals surface area contributed by atoms with Crippen LogP contribution in [0.2, 0.25) is 0 Å². The first-order valence-corrected chi connectivity index (χ1v) is 5.39. The first-order chi connectivity index (χ1) is 8.16. The number of halogens is 5. The minimum atomic E-state index is -4.51. The predicted molar refractivity (Wildman–Crippen MR) is 58.5 cm³/mol. The number of rotatable bonds is 4. The SMILES string of the molecule is CNC(C)CC(F)(F)c1ccc(C(F)(F)F)cc1. The Kier molecular flexibility index (Phi) is 4.32. The van der Waals surface area contributed by atoms with Crippen LogP contribution >= 0.6 is 0 Å². The largest absolute Gasteiger partial charge is 0.416 e. The number of alkyl halides is 5. The normalized spacial score (nSPS) is 14.6. The first kappa shape index (κ1) is 14.9. The number of benzene rings is 1. The molecule has 1 aromatic rings. The van der Waals surface area contributed by atoms with Gasteiger partial charge in [-0.05, 0) is 26.1 Å². The van der Waals surface area contributed by atoms with Gasteiger partial charge in [-0.3, -0.25) is 0 Å². The van der Waals surface area contributed by atoms with Gasteiger partial charge in [0.05, 0.1) is 5.56 Å². The minimum Gasteiger partial charge on any atom is -0.317 e. The Labute approximate surface area is 102 Å².